The number of imidazole rings is 1. The average molecular weight is 286 g/mol. The van der Waals surface area contributed by atoms with E-state index < -0.39 is 11.8 Å². The lowest BCUT2D eigenvalue weighted by molar-refractivity contribution is -0.136. The second-order valence-corrected chi connectivity index (χ2v) is 4.72. The van der Waals surface area contributed by atoms with E-state index in [1.165, 1.54) is 0 Å². The summed E-state index contributed by atoms with van der Waals surface area (Å²) in [6, 6.07) is 7.27. The minimum absolute atomic E-state index is 0.431. The van der Waals surface area contributed by atoms with Crippen molar-refractivity contribution < 1.29 is 9.59 Å². The van der Waals surface area contributed by atoms with Gasteiger partial charge in [-0.15, -0.1) is 0 Å². The van der Waals surface area contributed by atoms with Crippen molar-refractivity contribution in [3.63, 3.8) is 0 Å². The van der Waals surface area contributed by atoms with E-state index in [1.54, 1.807) is 24.5 Å². The maximum atomic E-state index is 11.7. The Morgan fingerprint density at radius 2 is 1.95 bits per heavy atom. The molecule has 6 nitrogen and oxygen atoms in total. The molecule has 2 rings (SSSR count). The van der Waals surface area contributed by atoms with E-state index in [9.17, 15) is 9.59 Å². The summed E-state index contributed by atoms with van der Waals surface area (Å²) in [4.78, 5) is 30.4. The minimum Gasteiger partial charge on any atom is -0.349 e. The molecule has 0 bridgehead atoms. The number of hydrogen-bond donors (Lipinski definition) is 3. The van der Waals surface area contributed by atoms with Gasteiger partial charge in [-0.2, -0.15) is 0 Å². The van der Waals surface area contributed by atoms with Gasteiger partial charge in [-0.1, -0.05) is 17.7 Å². The highest BCUT2D eigenvalue weighted by molar-refractivity contribution is 6.39. The number of aromatic nitrogens is 2. The van der Waals surface area contributed by atoms with E-state index in [0.29, 0.717) is 12.2 Å². The molecule has 0 fully saturated rings. The molecule has 0 saturated carbocycles. The zero-order chi connectivity index (χ0) is 15.1. The molecule has 1 aromatic heterocycles. The molecule has 0 aliphatic heterocycles. The van der Waals surface area contributed by atoms with Crippen molar-refractivity contribution in [1.29, 1.82) is 0 Å². The van der Waals surface area contributed by atoms with E-state index in [2.05, 4.69) is 20.6 Å². The molecular formula is C15H18N4O2. The van der Waals surface area contributed by atoms with Gasteiger partial charge in [0.15, 0.2) is 0 Å². The third-order valence-corrected chi connectivity index (χ3v) is 2.95. The number of aromatic amines is 1. The summed E-state index contributed by atoms with van der Waals surface area (Å²) in [7, 11) is 0. The highest BCUT2D eigenvalue weighted by atomic mass is 16.2. The number of amides is 2. The topological polar surface area (TPSA) is 86.9 Å². The lowest BCUT2D eigenvalue weighted by Crippen LogP contribution is -2.36. The van der Waals surface area contributed by atoms with Gasteiger partial charge in [0.1, 0.15) is 5.82 Å². The van der Waals surface area contributed by atoms with Gasteiger partial charge in [0, 0.05) is 31.0 Å². The Morgan fingerprint density at radius 1 is 1.19 bits per heavy atom. The lowest BCUT2D eigenvalue weighted by atomic mass is 10.2. The SMILES string of the molecule is Cc1ccc(NC(=O)C(=O)NCCCc2ncc[nH]2)cc1. The van der Waals surface area contributed by atoms with Gasteiger partial charge >= 0.3 is 11.8 Å². The predicted octanol–water partition coefficient (Wildman–Crippen LogP) is 1.41. The van der Waals surface area contributed by atoms with Crippen molar-refractivity contribution in [1.82, 2.24) is 15.3 Å². The number of aryl methyl sites for hydroxylation is 2. The normalized spacial score (nSPS) is 10.1. The monoisotopic (exact) mass is 286 g/mol. The third-order valence-electron chi connectivity index (χ3n) is 2.95. The van der Waals surface area contributed by atoms with Crippen molar-refractivity contribution in [3.05, 3.63) is 48.0 Å². The molecule has 6 heteroatoms. The Labute approximate surface area is 123 Å². The van der Waals surface area contributed by atoms with Gasteiger partial charge in [0.25, 0.3) is 0 Å². The van der Waals surface area contributed by atoms with Crippen molar-refractivity contribution >= 4 is 17.5 Å². The molecule has 0 unspecified atom stereocenters. The van der Waals surface area contributed by atoms with Crippen molar-refractivity contribution in [2.75, 3.05) is 11.9 Å². The van der Waals surface area contributed by atoms with E-state index in [-0.39, 0.29) is 0 Å². The van der Waals surface area contributed by atoms with Gasteiger partial charge in [-0.25, -0.2) is 4.98 Å². The Kier molecular flexibility index (Phi) is 5.09. The number of hydrogen-bond acceptors (Lipinski definition) is 3. The van der Waals surface area contributed by atoms with Gasteiger partial charge in [0.2, 0.25) is 0 Å². The number of H-pyrrole nitrogens is 1. The first kappa shape index (κ1) is 14.8. The van der Waals surface area contributed by atoms with E-state index in [0.717, 1.165) is 24.2 Å². The van der Waals surface area contributed by atoms with Crippen LogP contribution in [0.5, 0.6) is 0 Å². The maximum absolute atomic E-state index is 11.7. The van der Waals surface area contributed by atoms with Gasteiger partial charge in [0.05, 0.1) is 0 Å². The van der Waals surface area contributed by atoms with Gasteiger partial charge < -0.3 is 15.6 Å². The van der Waals surface area contributed by atoms with E-state index >= 15 is 0 Å². The quantitative estimate of drug-likeness (QED) is 0.573. The van der Waals surface area contributed by atoms with Crippen molar-refractivity contribution in [2.45, 2.75) is 19.8 Å². The molecule has 2 amide bonds. The molecule has 0 aliphatic rings. The summed E-state index contributed by atoms with van der Waals surface area (Å²) in [5.41, 5.74) is 1.70. The zero-order valence-electron chi connectivity index (χ0n) is 11.8. The first-order chi connectivity index (χ1) is 10.1. The van der Waals surface area contributed by atoms with Crippen molar-refractivity contribution in [2.24, 2.45) is 0 Å². The summed E-state index contributed by atoms with van der Waals surface area (Å²) < 4.78 is 0. The van der Waals surface area contributed by atoms with Crippen LogP contribution in [0.2, 0.25) is 0 Å². The molecule has 0 radical (unpaired) electrons. The minimum atomic E-state index is -0.656. The first-order valence-corrected chi connectivity index (χ1v) is 6.79. The van der Waals surface area contributed by atoms with Crippen LogP contribution in [-0.4, -0.2) is 28.3 Å². The predicted molar refractivity (Wildman–Crippen MR) is 79.7 cm³/mol. The van der Waals surface area contributed by atoms with Crippen molar-refractivity contribution in [3.8, 4) is 0 Å². The summed E-state index contributed by atoms with van der Waals surface area (Å²) in [5, 5.41) is 5.14. The van der Waals surface area contributed by atoms with Crippen LogP contribution in [0, 0.1) is 6.92 Å². The second-order valence-electron chi connectivity index (χ2n) is 4.72. The van der Waals surface area contributed by atoms with Crippen LogP contribution >= 0.6 is 0 Å². The van der Waals surface area contributed by atoms with E-state index in [4.69, 9.17) is 0 Å². The number of carbonyl (C=O) groups is 2. The van der Waals surface area contributed by atoms with Crippen LogP contribution in [0.3, 0.4) is 0 Å². The molecule has 0 atom stereocenters. The molecule has 0 saturated heterocycles. The summed E-state index contributed by atoms with van der Waals surface area (Å²) in [6.07, 6.45) is 4.88. The molecule has 1 heterocycles. The van der Waals surface area contributed by atoms with E-state index in [1.807, 2.05) is 19.1 Å². The third kappa shape index (κ3) is 4.76. The van der Waals surface area contributed by atoms with Crippen LogP contribution in [0.4, 0.5) is 5.69 Å². The molecule has 2 aromatic rings. The smallest absolute Gasteiger partial charge is 0.313 e. The van der Waals surface area contributed by atoms with Gasteiger partial charge in [-0.3, -0.25) is 9.59 Å². The fraction of sp³-hybridized carbons (Fsp3) is 0.267. The first-order valence-electron chi connectivity index (χ1n) is 6.79. The standard InChI is InChI=1S/C15H18N4O2/c1-11-4-6-12(7-5-11)19-15(21)14(20)18-8-2-3-13-16-9-10-17-13/h4-7,9-10H,2-3,8H2,1H3,(H,16,17)(H,18,20)(H,19,21). The van der Waals surface area contributed by atoms with Crippen LogP contribution in [-0.2, 0) is 16.0 Å². The Hall–Kier alpha value is -2.63. The average Bonchev–Trinajstić information content (AvgIpc) is 2.99. The second kappa shape index (κ2) is 7.23. The van der Waals surface area contributed by atoms with Crippen LogP contribution < -0.4 is 10.6 Å². The summed E-state index contributed by atoms with van der Waals surface area (Å²) >= 11 is 0. The number of carbonyl (C=O) groups excluding carboxylic acids is 2. The Morgan fingerprint density at radius 3 is 2.62 bits per heavy atom. The molecule has 1 aromatic carbocycles. The molecular weight excluding hydrogens is 268 g/mol. The molecule has 3 N–H and O–H groups in total. The fourth-order valence-corrected chi connectivity index (χ4v) is 1.80. The number of nitrogens with one attached hydrogen (secondary N) is 3. The summed E-state index contributed by atoms with van der Waals surface area (Å²) in [5.74, 6) is -0.416. The molecule has 0 spiro atoms. The number of rotatable bonds is 5. The zero-order valence-corrected chi connectivity index (χ0v) is 11.8. The number of nitrogens with zero attached hydrogens (tertiary/aromatic N) is 1. The maximum Gasteiger partial charge on any atom is 0.313 e. The molecule has 0 aliphatic carbocycles. The van der Waals surface area contributed by atoms with Crippen LogP contribution in [0.15, 0.2) is 36.7 Å². The number of benzene rings is 1. The van der Waals surface area contributed by atoms with Crippen LogP contribution in [0.25, 0.3) is 0 Å². The Bertz CT molecular complexity index is 591. The molecule has 110 valence electrons. The highest BCUT2D eigenvalue weighted by Crippen LogP contribution is 2.08. The molecule has 21 heavy (non-hydrogen) atoms. The largest absolute Gasteiger partial charge is 0.349 e. The Balaban J connectivity index is 1.70. The number of anilines is 1. The van der Waals surface area contributed by atoms with Crippen LogP contribution in [0.1, 0.15) is 17.8 Å². The highest BCUT2D eigenvalue weighted by Gasteiger charge is 2.12. The summed E-state index contributed by atoms with van der Waals surface area (Å²) in [6.45, 7) is 2.39. The van der Waals surface area contributed by atoms with Gasteiger partial charge in [-0.05, 0) is 25.5 Å². The lowest BCUT2D eigenvalue weighted by Gasteiger charge is -2.06. The fourth-order valence-electron chi connectivity index (χ4n) is 1.80.